The molecule has 1 aromatic rings. The number of benzene rings is 1. The summed E-state index contributed by atoms with van der Waals surface area (Å²) in [7, 11) is 0. The van der Waals surface area contributed by atoms with Gasteiger partial charge in [-0.3, -0.25) is 20.4 Å². The molecule has 1 aromatic carbocycles. The summed E-state index contributed by atoms with van der Waals surface area (Å²) in [5.74, 6) is -0.603. The van der Waals surface area contributed by atoms with Gasteiger partial charge in [-0.2, -0.15) is 0 Å². The van der Waals surface area contributed by atoms with Gasteiger partial charge >= 0.3 is 0 Å². The smallest absolute Gasteiger partial charge is 0.262 e. The van der Waals surface area contributed by atoms with Crippen LogP contribution in [0.4, 0.5) is 0 Å². The lowest BCUT2D eigenvalue weighted by Gasteiger charge is -2.12. The van der Waals surface area contributed by atoms with E-state index in [9.17, 15) is 9.59 Å². The molecule has 0 saturated heterocycles. The van der Waals surface area contributed by atoms with Crippen molar-refractivity contribution in [2.24, 2.45) is 5.41 Å². The summed E-state index contributed by atoms with van der Waals surface area (Å²) in [6, 6.07) is 9.45. The predicted octanol–water partition coefficient (Wildman–Crippen LogP) is 2.74. The second kappa shape index (κ2) is 5.69. The van der Waals surface area contributed by atoms with Crippen molar-refractivity contribution in [2.45, 2.75) is 16.6 Å². The molecule has 2 rings (SSSR count). The van der Waals surface area contributed by atoms with Crippen molar-refractivity contribution >= 4 is 49.8 Å². The van der Waals surface area contributed by atoms with Crippen LogP contribution in [0.15, 0.2) is 36.4 Å². The zero-order chi connectivity index (χ0) is 14.8. The highest BCUT2D eigenvalue weighted by molar-refractivity contribution is 9.25. The van der Waals surface area contributed by atoms with Crippen LogP contribution in [0, 0.1) is 5.41 Å². The Labute approximate surface area is 134 Å². The van der Waals surface area contributed by atoms with Crippen molar-refractivity contribution in [3.05, 3.63) is 42.0 Å². The number of hydrogen-bond donors (Lipinski definition) is 2. The van der Waals surface area contributed by atoms with Crippen molar-refractivity contribution in [2.75, 3.05) is 0 Å². The molecule has 2 amide bonds. The minimum atomic E-state index is -0.552. The highest BCUT2D eigenvalue weighted by atomic mass is 79.9. The molecule has 0 unspecified atom stereocenters. The van der Waals surface area contributed by atoms with Gasteiger partial charge in [-0.15, -0.1) is 0 Å². The van der Waals surface area contributed by atoms with Crippen molar-refractivity contribution in [3.8, 4) is 0 Å². The normalized spacial score (nSPS) is 23.4. The van der Waals surface area contributed by atoms with Gasteiger partial charge in [0, 0.05) is 6.08 Å². The summed E-state index contributed by atoms with van der Waals surface area (Å²) in [5, 5.41) is 0. The van der Waals surface area contributed by atoms with Crippen LogP contribution in [0.2, 0.25) is 0 Å². The van der Waals surface area contributed by atoms with Crippen LogP contribution in [0.25, 0.3) is 6.08 Å². The van der Waals surface area contributed by atoms with Crippen LogP contribution in [0.3, 0.4) is 0 Å². The first kappa shape index (κ1) is 15.3. The lowest BCUT2D eigenvalue weighted by atomic mass is 10.1. The monoisotopic (exact) mass is 400 g/mol. The number of hydrogen-bond acceptors (Lipinski definition) is 2. The van der Waals surface area contributed by atoms with E-state index in [1.54, 1.807) is 6.08 Å². The first-order valence-corrected chi connectivity index (χ1v) is 7.65. The molecular formula is C14H14Br2N2O2. The maximum absolute atomic E-state index is 11.9. The fourth-order valence-electron chi connectivity index (χ4n) is 1.68. The molecule has 0 radical (unpaired) electrons. The van der Waals surface area contributed by atoms with Crippen LogP contribution in [0.5, 0.6) is 0 Å². The number of halogens is 2. The number of rotatable bonds is 3. The summed E-state index contributed by atoms with van der Waals surface area (Å²) < 4.78 is -0.373. The zero-order valence-electron chi connectivity index (χ0n) is 10.8. The molecule has 4 nitrogen and oxygen atoms in total. The molecule has 0 heterocycles. The van der Waals surface area contributed by atoms with Gasteiger partial charge in [-0.25, -0.2) is 0 Å². The molecule has 106 valence electrons. The molecule has 1 fully saturated rings. The second-order valence-electron chi connectivity index (χ2n) is 4.90. The van der Waals surface area contributed by atoms with Crippen LogP contribution in [-0.4, -0.2) is 15.0 Å². The molecule has 1 aliphatic carbocycles. The van der Waals surface area contributed by atoms with E-state index in [0.717, 1.165) is 5.56 Å². The van der Waals surface area contributed by atoms with E-state index in [-0.39, 0.29) is 15.0 Å². The SMILES string of the molecule is C[C@@]1(C(=O)NNC(=O)/C=C/c2ccccc2)CC1(Br)Br. The van der Waals surface area contributed by atoms with Crippen molar-refractivity contribution in [3.63, 3.8) is 0 Å². The third kappa shape index (κ3) is 3.30. The molecule has 0 aliphatic heterocycles. The number of hydrazine groups is 1. The van der Waals surface area contributed by atoms with Gasteiger partial charge in [0.2, 0.25) is 5.91 Å². The standard InChI is InChI=1S/C14H14Br2N2O2/c1-13(9-14(13,15)16)12(20)18-17-11(19)8-7-10-5-3-2-4-6-10/h2-8H,9H2,1H3,(H,17,19)(H,18,20)/b8-7+/t13-/m0/s1. The van der Waals surface area contributed by atoms with E-state index >= 15 is 0 Å². The molecule has 1 atom stereocenters. The van der Waals surface area contributed by atoms with Crippen LogP contribution >= 0.6 is 31.9 Å². The number of alkyl halides is 2. The van der Waals surface area contributed by atoms with E-state index in [2.05, 4.69) is 42.7 Å². The second-order valence-corrected chi connectivity index (χ2v) is 8.67. The van der Waals surface area contributed by atoms with Crippen LogP contribution in [0.1, 0.15) is 18.9 Å². The fraction of sp³-hybridized carbons (Fsp3) is 0.286. The molecule has 1 aliphatic rings. The fourth-order valence-corrected chi connectivity index (χ4v) is 3.16. The number of nitrogens with one attached hydrogen (secondary N) is 2. The Kier molecular flexibility index (Phi) is 4.34. The third-order valence-electron chi connectivity index (χ3n) is 3.28. The minimum Gasteiger partial charge on any atom is -0.273 e. The quantitative estimate of drug-likeness (QED) is 0.464. The van der Waals surface area contributed by atoms with Gasteiger partial charge in [0.25, 0.3) is 5.91 Å². The van der Waals surface area contributed by atoms with Crippen LogP contribution < -0.4 is 10.9 Å². The number of carbonyl (C=O) groups is 2. The molecule has 6 heteroatoms. The molecule has 0 aromatic heterocycles. The Hall–Kier alpha value is -1.14. The van der Waals surface area contributed by atoms with Gasteiger partial charge in [-0.05, 0) is 25.0 Å². The summed E-state index contributed by atoms with van der Waals surface area (Å²) in [5.41, 5.74) is 5.16. The van der Waals surface area contributed by atoms with Gasteiger partial charge in [0.1, 0.15) is 0 Å². The lowest BCUT2D eigenvalue weighted by molar-refractivity contribution is -0.130. The lowest BCUT2D eigenvalue weighted by Crippen LogP contribution is -2.45. The Morgan fingerprint density at radius 1 is 1.20 bits per heavy atom. The van der Waals surface area contributed by atoms with E-state index in [4.69, 9.17) is 0 Å². The largest absolute Gasteiger partial charge is 0.273 e. The predicted molar refractivity (Wildman–Crippen MR) is 85.1 cm³/mol. The average Bonchev–Trinajstić information content (AvgIpc) is 2.95. The zero-order valence-corrected chi connectivity index (χ0v) is 14.0. The third-order valence-corrected chi connectivity index (χ3v) is 5.60. The Bertz CT molecular complexity index is 558. The summed E-state index contributed by atoms with van der Waals surface area (Å²) in [6.07, 6.45) is 3.72. The molecule has 1 saturated carbocycles. The average molecular weight is 402 g/mol. The maximum Gasteiger partial charge on any atom is 0.262 e. The molecule has 2 N–H and O–H groups in total. The highest BCUT2D eigenvalue weighted by Crippen LogP contribution is 2.66. The number of amides is 2. The highest BCUT2D eigenvalue weighted by Gasteiger charge is 2.66. The van der Waals surface area contributed by atoms with Gasteiger partial charge in [0.05, 0.1) is 8.65 Å². The Balaban J connectivity index is 1.82. The molecule has 20 heavy (non-hydrogen) atoms. The van der Waals surface area contributed by atoms with E-state index in [1.807, 2.05) is 37.3 Å². The first-order valence-electron chi connectivity index (χ1n) is 6.06. The minimum absolute atomic E-state index is 0.229. The van der Waals surface area contributed by atoms with E-state index in [0.29, 0.717) is 6.42 Å². The summed E-state index contributed by atoms with van der Waals surface area (Å²) in [4.78, 5) is 23.5. The van der Waals surface area contributed by atoms with E-state index < -0.39 is 5.41 Å². The van der Waals surface area contributed by atoms with Crippen LogP contribution in [-0.2, 0) is 9.59 Å². The molecule has 0 bridgehead atoms. The van der Waals surface area contributed by atoms with Crippen molar-refractivity contribution in [1.82, 2.24) is 10.9 Å². The van der Waals surface area contributed by atoms with Crippen molar-refractivity contribution in [1.29, 1.82) is 0 Å². The summed E-state index contributed by atoms with van der Waals surface area (Å²) in [6.45, 7) is 1.82. The molecular weight excluding hydrogens is 388 g/mol. The van der Waals surface area contributed by atoms with E-state index in [1.165, 1.54) is 6.08 Å². The first-order chi connectivity index (χ1) is 9.35. The topological polar surface area (TPSA) is 58.2 Å². The summed E-state index contributed by atoms with van der Waals surface area (Å²) >= 11 is 6.81. The van der Waals surface area contributed by atoms with Gasteiger partial charge in [0.15, 0.2) is 0 Å². The molecule has 0 spiro atoms. The Morgan fingerprint density at radius 2 is 1.80 bits per heavy atom. The number of carbonyl (C=O) groups excluding carboxylic acids is 2. The van der Waals surface area contributed by atoms with Gasteiger partial charge in [-0.1, -0.05) is 62.2 Å². The van der Waals surface area contributed by atoms with Crippen molar-refractivity contribution < 1.29 is 9.59 Å². The van der Waals surface area contributed by atoms with Gasteiger partial charge < -0.3 is 0 Å². The maximum atomic E-state index is 11.9. The Morgan fingerprint density at radius 3 is 2.35 bits per heavy atom.